The molecule has 0 saturated carbocycles. The Morgan fingerprint density at radius 3 is 2.25 bits per heavy atom. The molecule has 240 valence electrons. The summed E-state index contributed by atoms with van der Waals surface area (Å²) in [4.78, 5) is 19.1. The Bertz CT molecular complexity index is 1370. The van der Waals surface area contributed by atoms with Gasteiger partial charge in [-0.2, -0.15) is 26.3 Å². The number of ether oxygens (including phenoxy) is 2. The van der Waals surface area contributed by atoms with E-state index in [1.54, 1.807) is 0 Å². The Hall–Kier alpha value is -3.34. The second-order valence-electron chi connectivity index (χ2n) is 11.5. The van der Waals surface area contributed by atoms with Crippen molar-refractivity contribution < 1.29 is 45.0 Å². The number of carbonyl (C=O) groups is 1. The molecule has 2 aliphatic rings. The largest absolute Gasteiger partial charge is 0.494 e. The van der Waals surface area contributed by atoms with Crippen molar-refractivity contribution >= 4 is 5.91 Å². The zero-order valence-electron chi connectivity index (χ0n) is 24.6. The summed E-state index contributed by atoms with van der Waals surface area (Å²) in [7, 11) is 1.29. The fourth-order valence-corrected chi connectivity index (χ4v) is 5.36. The normalized spacial score (nSPS) is 19.8. The predicted molar refractivity (Wildman–Crippen MR) is 149 cm³/mol. The molecular weight excluding hydrogens is 595 g/mol. The number of hydrogen-bond acceptors (Lipinski definition) is 5. The van der Waals surface area contributed by atoms with E-state index in [0.717, 1.165) is 6.54 Å². The van der Waals surface area contributed by atoms with E-state index in [1.165, 1.54) is 30.2 Å². The highest BCUT2D eigenvalue weighted by Crippen LogP contribution is 2.37. The predicted octanol–water partition coefficient (Wildman–Crippen LogP) is 5.36. The Labute approximate surface area is 251 Å². The van der Waals surface area contributed by atoms with Crippen LogP contribution < -0.4 is 4.74 Å². The van der Waals surface area contributed by atoms with Gasteiger partial charge in [0.2, 0.25) is 0 Å². The number of benzene rings is 2. The Kier molecular flexibility index (Phi) is 10.2. The van der Waals surface area contributed by atoms with Crippen molar-refractivity contribution in [3.63, 3.8) is 0 Å². The number of rotatable bonds is 6. The van der Waals surface area contributed by atoms with Gasteiger partial charge in [0.05, 0.1) is 44.5 Å². The minimum absolute atomic E-state index is 0.00625. The van der Waals surface area contributed by atoms with E-state index < -0.39 is 46.8 Å². The maximum atomic E-state index is 14.1. The highest BCUT2D eigenvalue weighted by atomic mass is 19.4. The molecule has 2 heterocycles. The van der Waals surface area contributed by atoms with E-state index in [-0.39, 0.29) is 36.9 Å². The summed E-state index contributed by atoms with van der Waals surface area (Å²) < 4.78 is 106. The minimum Gasteiger partial charge on any atom is -0.494 e. The standard InChI is InChI=1S/C31H34F7N3O3/c1-29(2)20-44-13-12-40(29)9-5-4-8-39-10-11-41(25(19-39)14-21-6-7-26(32)27(15-21)43-3)28(42)22-16-23(30(33,34)35)18-24(17-22)31(36,37)38/h6-7,15-18,25H,8-14,19-20H2,1-3H3/t25-/m1/s1. The molecule has 13 heteroatoms. The number of nitrogens with zero attached hydrogens (tertiary/aromatic N) is 3. The number of alkyl halides is 6. The van der Waals surface area contributed by atoms with E-state index in [9.17, 15) is 35.5 Å². The first kappa shape index (κ1) is 33.6. The molecule has 2 aliphatic heterocycles. The van der Waals surface area contributed by atoms with Crippen LogP contribution in [-0.2, 0) is 23.5 Å². The summed E-state index contributed by atoms with van der Waals surface area (Å²) in [5.74, 6) is 4.73. The van der Waals surface area contributed by atoms with E-state index in [0.29, 0.717) is 50.5 Å². The molecule has 6 nitrogen and oxygen atoms in total. The Morgan fingerprint density at radius 2 is 1.64 bits per heavy atom. The average molecular weight is 630 g/mol. The van der Waals surface area contributed by atoms with Gasteiger partial charge in [0.15, 0.2) is 11.6 Å². The summed E-state index contributed by atoms with van der Waals surface area (Å²) >= 11 is 0. The third-order valence-corrected chi connectivity index (χ3v) is 7.86. The maximum absolute atomic E-state index is 14.1. The van der Waals surface area contributed by atoms with Crippen molar-refractivity contribution in [2.75, 3.05) is 59.6 Å². The lowest BCUT2D eigenvalue weighted by atomic mass is 9.99. The van der Waals surface area contributed by atoms with Gasteiger partial charge in [-0.3, -0.25) is 14.6 Å². The summed E-state index contributed by atoms with van der Waals surface area (Å²) in [6.45, 7) is 7.57. The van der Waals surface area contributed by atoms with Gasteiger partial charge in [0, 0.05) is 43.3 Å². The van der Waals surface area contributed by atoms with Crippen molar-refractivity contribution in [3.05, 3.63) is 64.5 Å². The lowest BCUT2D eigenvalue weighted by Gasteiger charge is -2.41. The molecule has 2 aromatic rings. The maximum Gasteiger partial charge on any atom is 0.416 e. The second kappa shape index (κ2) is 13.3. The second-order valence-corrected chi connectivity index (χ2v) is 11.5. The molecule has 4 rings (SSSR count). The Balaban J connectivity index is 1.58. The number of piperazine rings is 1. The number of methoxy groups -OCH3 is 1. The van der Waals surface area contributed by atoms with E-state index >= 15 is 0 Å². The van der Waals surface area contributed by atoms with Crippen molar-refractivity contribution in [2.24, 2.45) is 0 Å². The van der Waals surface area contributed by atoms with Crippen LogP contribution in [0.1, 0.15) is 40.9 Å². The Morgan fingerprint density at radius 1 is 0.977 bits per heavy atom. The van der Waals surface area contributed by atoms with Gasteiger partial charge in [-0.15, -0.1) is 0 Å². The van der Waals surface area contributed by atoms with E-state index in [1.807, 2.05) is 4.90 Å². The third kappa shape index (κ3) is 8.22. The van der Waals surface area contributed by atoms with Crippen molar-refractivity contribution in [1.82, 2.24) is 14.7 Å². The summed E-state index contributed by atoms with van der Waals surface area (Å²) in [6, 6.07) is 4.37. The van der Waals surface area contributed by atoms with Crippen molar-refractivity contribution in [2.45, 2.75) is 44.2 Å². The highest BCUT2D eigenvalue weighted by Gasteiger charge is 2.39. The topological polar surface area (TPSA) is 45.2 Å². The molecule has 0 aromatic heterocycles. The highest BCUT2D eigenvalue weighted by molar-refractivity contribution is 5.95. The quantitative estimate of drug-likeness (QED) is 0.319. The van der Waals surface area contributed by atoms with Crippen LogP contribution in [0.4, 0.5) is 30.7 Å². The molecule has 1 amide bonds. The molecule has 0 bridgehead atoms. The van der Waals surface area contributed by atoms with Gasteiger partial charge in [0.25, 0.3) is 5.91 Å². The summed E-state index contributed by atoms with van der Waals surface area (Å²) in [5, 5.41) is 0. The zero-order valence-corrected chi connectivity index (χ0v) is 24.6. The first-order valence-corrected chi connectivity index (χ1v) is 14.0. The molecule has 1 atom stereocenters. The number of morpholine rings is 1. The number of carbonyl (C=O) groups excluding carboxylic acids is 1. The van der Waals surface area contributed by atoms with Crippen LogP contribution in [0.15, 0.2) is 36.4 Å². The molecule has 0 aliphatic carbocycles. The fourth-order valence-electron chi connectivity index (χ4n) is 5.36. The van der Waals surface area contributed by atoms with Gasteiger partial charge >= 0.3 is 12.4 Å². The first-order valence-electron chi connectivity index (χ1n) is 14.0. The summed E-state index contributed by atoms with van der Waals surface area (Å²) in [6.07, 6.45) is -10.0. The van der Waals surface area contributed by atoms with Crippen LogP contribution in [0.25, 0.3) is 0 Å². The number of hydrogen-bond donors (Lipinski definition) is 0. The van der Waals surface area contributed by atoms with Gasteiger partial charge in [0.1, 0.15) is 0 Å². The molecule has 44 heavy (non-hydrogen) atoms. The molecular formula is C31H34F7N3O3. The number of halogens is 7. The van der Waals surface area contributed by atoms with Gasteiger partial charge in [-0.05, 0) is 56.2 Å². The van der Waals surface area contributed by atoms with Gasteiger partial charge < -0.3 is 14.4 Å². The smallest absolute Gasteiger partial charge is 0.416 e. The molecule has 0 radical (unpaired) electrons. The van der Waals surface area contributed by atoms with E-state index in [2.05, 4.69) is 30.6 Å². The van der Waals surface area contributed by atoms with Crippen LogP contribution >= 0.6 is 0 Å². The molecule has 2 aromatic carbocycles. The minimum atomic E-state index is -5.09. The van der Waals surface area contributed by atoms with Crippen LogP contribution in [0.5, 0.6) is 5.75 Å². The lowest BCUT2D eigenvalue weighted by molar-refractivity contribution is -0.143. The number of amides is 1. The zero-order chi connectivity index (χ0) is 32.3. The van der Waals surface area contributed by atoms with Crippen LogP contribution in [-0.4, -0.2) is 91.8 Å². The van der Waals surface area contributed by atoms with Crippen molar-refractivity contribution in [1.29, 1.82) is 0 Å². The molecule has 0 spiro atoms. The molecule has 2 saturated heterocycles. The lowest BCUT2D eigenvalue weighted by Crippen LogP contribution is -2.56. The average Bonchev–Trinajstić information content (AvgIpc) is 2.95. The first-order chi connectivity index (χ1) is 20.6. The van der Waals surface area contributed by atoms with Crippen LogP contribution in [0, 0.1) is 17.7 Å². The van der Waals surface area contributed by atoms with E-state index in [4.69, 9.17) is 9.47 Å². The summed E-state index contributed by atoms with van der Waals surface area (Å²) in [5.41, 5.74) is -3.42. The van der Waals surface area contributed by atoms with Crippen molar-refractivity contribution in [3.8, 4) is 17.6 Å². The molecule has 0 unspecified atom stereocenters. The molecule has 0 N–H and O–H groups in total. The molecule has 2 fully saturated rings. The van der Waals surface area contributed by atoms with Crippen LogP contribution in [0.3, 0.4) is 0 Å². The SMILES string of the molecule is COc1cc(C[C@@H]2CN(CC#CCN3CCOCC3(C)C)CCN2C(=O)c2cc(C(F)(F)F)cc(C(F)(F)F)c2)ccc1F. The van der Waals surface area contributed by atoms with Crippen LogP contribution in [0.2, 0.25) is 0 Å². The third-order valence-electron chi connectivity index (χ3n) is 7.86. The van der Waals surface area contributed by atoms with Gasteiger partial charge in [-0.25, -0.2) is 4.39 Å². The monoisotopic (exact) mass is 629 g/mol. The fraction of sp³-hybridized carbons (Fsp3) is 0.516. The van der Waals surface area contributed by atoms with Gasteiger partial charge in [-0.1, -0.05) is 17.9 Å².